The van der Waals surface area contributed by atoms with Gasteiger partial charge < -0.3 is 4.74 Å². The number of rotatable bonds is 9. The van der Waals surface area contributed by atoms with Gasteiger partial charge in [0.15, 0.2) is 23.2 Å². The molecular formula is C32H38F4O. The van der Waals surface area contributed by atoms with Gasteiger partial charge in [0.1, 0.15) is 0 Å². The van der Waals surface area contributed by atoms with E-state index in [1.54, 1.807) is 30.4 Å². The summed E-state index contributed by atoms with van der Waals surface area (Å²) in [7, 11) is 0. The van der Waals surface area contributed by atoms with Gasteiger partial charge >= 0.3 is 0 Å². The van der Waals surface area contributed by atoms with E-state index in [1.165, 1.54) is 6.07 Å². The van der Waals surface area contributed by atoms with Crippen LogP contribution in [-0.4, -0.2) is 6.61 Å². The number of halogens is 4. The molecule has 0 N–H and O–H groups in total. The lowest BCUT2D eigenvalue weighted by molar-refractivity contribution is 0.288. The summed E-state index contributed by atoms with van der Waals surface area (Å²) < 4.78 is 64.4. The molecule has 0 aromatic heterocycles. The van der Waals surface area contributed by atoms with E-state index < -0.39 is 23.3 Å². The maximum absolute atomic E-state index is 14.9. The van der Waals surface area contributed by atoms with Gasteiger partial charge in [0, 0.05) is 5.56 Å². The minimum Gasteiger partial charge on any atom is -0.490 e. The molecule has 1 nitrogen and oxygen atoms in total. The highest BCUT2D eigenvalue weighted by Crippen LogP contribution is 2.40. The summed E-state index contributed by atoms with van der Waals surface area (Å²) in [6, 6.07) is 6.59. The van der Waals surface area contributed by atoms with Crippen molar-refractivity contribution in [2.45, 2.75) is 83.0 Å². The van der Waals surface area contributed by atoms with Crippen LogP contribution in [-0.2, 0) is 0 Å². The maximum Gasteiger partial charge on any atom is 0.200 e. The molecule has 4 rings (SSSR count). The minimum atomic E-state index is -0.929. The third-order valence-corrected chi connectivity index (χ3v) is 8.24. The van der Waals surface area contributed by atoms with Crippen molar-refractivity contribution in [1.82, 2.24) is 0 Å². The van der Waals surface area contributed by atoms with E-state index in [-0.39, 0.29) is 29.1 Å². The molecule has 2 aromatic carbocycles. The first kappa shape index (κ1) is 27.5. The van der Waals surface area contributed by atoms with E-state index in [1.807, 2.05) is 6.08 Å². The summed E-state index contributed by atoms with van der Waals surface area (Å²) in [5.74, 6) is -2.42. The molecule has 0 aliphatic heterocycles. The van der Waals surface area contributed by atoms with Crippen LogP contribution in [0.4, 0.5) is 17.6 Å². The molecule has 0 spiro atoms. The highest BCUT2D eigenvalue weighted by atomic mass is 19.2. The first-order valence-corrected chi connectivity index (χ1v) is 13.8. The Bertz CT molecular complexity index is 1090. The number of unbranched alkanes of at least 4 members (excludes halogenated alkanes) is 1. The second-order valence-electron chi connectivity index (χ2n) is 10.9. The van der Waals surface area contributed by atoms with Gasteiger partial charge in [-0.05, 0) is 92.2 Å². The molecule has 5 heteroatoms. The van der Waals surface area contributed by atoms with E-state index in [9.17, 15) is 17.6 Å². The molecule has 200 valence electrons. The van der Waals surface area contributed by atoms with Crippen molar-refractivity contribution >= 4 is 6.08 Å². The number of hydrogen-bond acceptors (Lipinski definition) is 1. The van der Waals surface area contributed by atoms with Gasteiger partial charge in [-0.15, -0.1) is 6.58 Å². The predicted molar refractivity (Wildman–Crippen MR) is 142 cm³/mol. The molecule has 0 heterocycles. The smallest absolute Gasteiger partial charge is 0.200 e. The highest BCUT2D eigenvalue weighted by Gasteiger charge is 2.27. The molecule has 37 heavy (non-hydrogen) atoms. The molecule has 2 aliphatic carbocycles. The van der Waals surface area contributed by atoms with Gasteiger partial charge in [0.2, 0.25) is 5.82 Å². The first-order chi connectivity index (χ1) is 17.9. The van der Waals surface area contributed by atoms with Crippen molar-refractivity contribution in [1.29, 1.82) is 0 Å². The van der Waals surface area contributed by atoms with Crippen molar-refractivity contribution in [3.05, 3.63) is 83.0 Å². The summed E-state index contributed by atoms with van der Waals surface area (Å²) in [6.45, 7) is 6.16. The Balaban J connectivity index is 1.34. The predicted octanol–water partition coefficient (Wildman–Crippen LogP) is 9.87. The van der Waals surface area contributed by atoms with Crippen molar-refractivity contribution < 1.29 is 22.3 Å². The standard InChI is InChI=1S/C32H38F4O/c1-3-4-5-20-37-28-19-18-27(31(35)32(28)36)24-13-8-22(9-14-24)10-15-25-16-17-26(30(34)29(25)33)23-11-6-21(2)7-12-23/h3,10,15-19,21-24H,1,4-9,11-14,20H2,2H3/b15-10+. The molecule has 0 radical (unpaired) electrons. The number of ether oxygens (including phenoxy) is 1. The van der Waals surface area contributed by atoms with Crippen molar-refractivity contribution in [2.75, 3.05) is 6.61 Å². The molecule has 2 aromatic rings. The second kappa shape index (κ2) is 12.8. The summed E-state index contributed by atoms with van der Waals surface area (Å²) in [6.07, 6.45) is 13.7. The third kappa shape index (κ3) is 6.66. The third-order valence-electron chi connectivity index (χ3n) is 8.24. The summed E-state index contributed by atoms with van der Waals surface area (Å²) >= 11 is 0. The number of allylic oxidation sites excluding steroid dienone is 2. The monoisotopic (exact) mass is 514 g/mol. The van der Waals surface area contributed by atoms with Crippen LogP contribution >= 0.6 is 0 Å². The lowest BCUT2D eigenvalue weighted by atomic mass is 9.78. The average Bonchev–Trinajstić information content (AvgIpc) is 2.91. The summed E-state index contributed by atoms with van der Waals surface area (Å²) in [5.41, 5.74) is 1.16. The summed E-state index contributed by atoms with van der Waals surface area (Å²) in [4.78, 5) is 0. The van der Waals surface area contributed by atoms with Gasteiger partial charge in [-0.25, -0.2) is 13.2 Å². The molecule has 0 unspecified atom stereocenters. The van der Waals surface area contributed by atoms with Gasteiger partial charge in [0.25, 0.3) is 0 Å². The zero-order valence-electron chi connectivity index (χ0n) is 21.8. The number of hydrogen-bond donors (Lipinski definition) is 0. The summed E-state index contributed by atoms with van der Waals surface area (Å²) in [5, 5.41) is 0. The fourth-order valence-corrected chi connectivity index (χ4v) is 5.84. The topological polar surface area (TPSA) is 9.23 Å². The van der Waals surface area contributed by atoms with Crippen molar-refractivity contribution in [3.8, 4) is 5.75 Å². The number of benzene rings is 2. The zero-order chi connectivity index (χ0) is 26.4. The Kier molecular flexibility index (Phi) is 9.50. The van der Waals surface area contributed by atoms with Crippen LogP contribution in [0.2, 0.25) is 0 Å². The second-order valence-corrected chi connectivity index (χ2v) is 10.9. The highest BCUT2D eigenvalue weighted by molar-refractivity contribution is 5.52. The Hall–Kier alpha value is -2.56. The quantitative estimate of drug-likeness (QED) is 0.184. The van der Waals surface area contributed by atoms with Crippen LogP contribution in [0.25, 0.3) is 6.08 Å². The van der Waals surface area contributed by atoms with Crippen LogP contribution < -0.4 is 4.74 Å². The van der Waals surface area contributed by atoms with Crippen LogP contribution in [0.15, 0.2) is 43.0 Å². The van der Waals surface area contributed by atoms with Crippen LogP contribution in [0, 0.1) is 35.1 Å². The molecular weight excluding hydrogens is 476 g/mol. The normalized spacial score (nSPS) is 24.4. The fraction of sp³-hybridized carbons (Fsp3) is 0.500. The van der Waals surface area contributed by atoms with Crippen molar-refractivity contribution in [2.24, 2.45) is 11.8 Å². The van der Waals surface area contributed by atoms with E-state index in [0.29, 0.717) is 42.9 Å². The Morgan fingerprint density at radius 3 is 2.03 bits per heavy atom. The average molecular weight is 515 g/mol. The molecule has 2 saturated carbocycles. The van der Waals surface area contributed by atoms with Gasteiger partial charge in [-0.1, -0.05) is 56.2 Å². The van der Waals surface area contributed by atoms with Gasteiger partial charge in [0.05, 0.1) is 6.61 Å². The molecule has 0 bridgehead atoms. The Labute approximate surface area is 218 Å². The SMILES string of the molecule is C=CCCCOc1ccc(C2CCC(/C=C/c3ccc(C4CCC(C)CC4)c(F)c3F)CC2)c(F)c1F. The minimum absolute atomic E-state index is 0.0553. The van der Waals surface area contributed by atoms with Gasteiger partial charge in [-0.2, -0.15) is 4.39 Å². The lowest BCUT2D eigenvalue weighted by Gasteiger charge is -2.28. The van der Waals surface area contributed by atoms with Crippen LogP contribution in [0.1, 0.15) is 99.7 Å². The van der Waals surface area contributed by atoms with E-state index in [4.69, 9.17) is 4.74 Å². The molecule has 2 aliphatic rings. The zero-order valence-corrected chi connectivity index (χ0v) is 21.8. The van der Waals surface area contributed by atoms with E-state index in [0.717, 1.165) is 44.9 Å². The molecule has 2 fully saturated rings. The van der Waals surface area contributed by atoms with E-state index >= 15 is 0 Å². The molecule has 0 amide bonds. The first-order valence-electron chi connectivity index (χ1n) is 13.8. The van der Waals surface area contributed by atoms with Crippen LogP contribution in [0.3, 0.4) is 0 Å². The lowest BCUT2D eigenvalue weighted by Crippen LogP contribution is -2.14. The Morgan fingerprint density at radius 1 is 0.784 bits per heavy atom. The Morgan fingerprint density at radius 2 is 1.38 bits per heavy atom. The van der Waals surface area contributed by atoms with Gasteiger partial charge in [-0.3, -0.25) is 0 Å². The molecule has 0 atom stereocenters. The fourth-order valence-electron chi connectivity index (χ4n) is 5.84. The van der Waals surface area contributed by atoms with Crippen LogP contribution in [0.5, 0.6) is 5.75 Å². The maximum atomic E-state index is 14.9. The largest absolute Gasteiger partial charge is 0.490 e. The van der Waals surface area contributed by atoms with E-state index in [2.05, 4.69) is 13.5 Å². The van der Waals surface area contributed by atoms with Crippen molar-refractivity contribution in [3.63, 3.8) is 0 Å². The molecule has 0 saturated heterocycles.